The largest absolute Gasteiger partial charge is 0.361 e. The first kappa shape index (κ1) is 12.2. The van der Waals surface area contributed by atoms with E-state index in [0.717, 1.165) is 23.3 Å². The Morgan fingerprint density at radius 2 is 1.81 bits per heavy atom. The summed E-state index contributed by atoms with van der Waals surface area (Å²) in [6.07, 6.45) is 0.817. The van der Waals surface area contributed by atoms with Gasteiger partial charge >= 0.3 is 0 Å². The lowest BCUT2D eigenvalue weighted by Crippen LogP contribution is -1.80. The summed E-state index contributed by atoms with van der Waals surface area (Å²) in [5, 5.41) is 3.88. The van der Waals surface area contributed by atoms with E-state index in [0.29, 0.717) is 5.56 Å². The number of aryl methyl sites for hydroxylation is 1. The average molecular weight is 217 g/mol. The zero-order valence-corrected chi connectivity index (χ0v) is 9.73. The second kappa shape index (κ2) is 5.85. The van der Waals surface area contributed by atoms with E-state index in [9.17, 15) is 4.79 Å². The van der Waals surface area contributed by atoms with Gasteiger partial charge in [-0.05, 0) is 6.92 Å². The monoisotopic (exact) mass is 217 g/mol. The van der Waals surface area contributed by atoms with Crippen molar-refractivity contribution >= 4 is 6.29 Å². The van der Waals surface area contributed by atoms with E-state index >= 15 is 0 Å². The number of carbonyl (C=O) groups is 1. The molecule has 1 heterocycles. The number of hydrogen-bond donors (Lipinski definition) is 0. The predicted molar refractivity (Wildman–Crippen MR) is 63.4 cm³/mol. The standard InChI is InChI=1S/C11H9NO2.C2H6/c1-8-6-11(12-14-8)10-4-2-9(7-13)3-5-10;1-2/h2-7H,1H3;1-2H3. The molecule has 0 N–H and O–H groups in total. The van der Waals surface area contributed by atoms with Crippen molar-refractivity contribution in [1.29, 1.82) is 0 Å². The van der Waals surface area contributed by atoms with Crippen molar-refractivity contribution in [1.82, 2.24) is 5.16 Å². The van der Waals surface area contributed by atoms with Crippen molar-refractivity contribution < 1.29 is 9.32 Å². The van der Waals surface area contributed by atoms with E-state index in [1.54, 1.807) is 12.1 Å². The molecule has 3 heteroatoms. The molecule has 0 spiro atoms. The zero-order chi connectivity index (χ0) is 12.0. The third-order valence-electron chi connectivity index (χ3n) is 1.97. The topological polar surface area (TPSA) is 43.1 Å². The molecule has 0 saturated heterocycles. The molecule has 0 unspecified atom stereocenters. The Hall–Kier alpha value is -1.90. The van der Waals surface area contributed by atoms with Crippen molar-refractivity contribution in [3.8, 4) is 11.3 Å². The fraction of sp³-hybridized carbons (Fsp3) is 0.231. The highest BCUT2D eigenvalue weighted by Crippen LogP contribution is 2.18. The average Bonchev–Trinajstić information content (AvgIpc) is 2.79. The van der Waals surface area contributed by atoms with Gasteiger partial charge in [0.25, 0.3) is 0 Å². The minimum atomic E-state index is 0.661. The van der Waals surface area contributed by atoms with Crippen LogP contribution in [0.15, 0.2) is 34.9 Å². The fourth-order valence-corrected chi connectivity index (χ4v) is 1.23. The van der Waals surface area contributed by atoms with E-state index in [4.69, 9.17) is 4.52 Å². The molecule has 84 valence electrons. The quantitative estimate of drug-likeness (QED) is 0.723. The first-order valence-electron chi connectivity index (χ1n) is 5.28. The minimum absolute atomic E-state index is 0.661. The summed E-state index contributed by atoms with van der Waals surface area (Å²) in [5.74, 6) is 0.777. The van der Waals surface area contributed by atoms with Gasteiger partial charge in [0, 0.05) is 17.2 Å². The lowest BCUT2D eigenvalue weighted by Gasteiger charge is -1.94. The van der Waals surface area contributed by atoms with Crippen LogP contribution in [-0.4, -0.2) is 11.4 Å². The summed E-state index contributed by atoms with van der Waals surface area (Å²) in [7, 11) is 0. The molecule has 0 aliphatic heterocycles. The Bertz CT molecular complexity index is 443. The van der Waals surface area contributed by atoms with E-state index in [1.807, 2.05) is 39.0 Å². The molecule has 0 aliphatic rings. The lowest BCUT2D eigenvalue weighted by molar-refractivity contribution is 0.112. The van der Waals surface area contributed by atoms with E-state index < -0.39 is 0 Å². The van der Waals surface area contributed by atoms with E-state index in [2.05, 4.69) is 5.16 Å². The van der Waals surface area contributed by atoms with Crippen molar-refractivity contribution in [2.45, 2.75) is 20.8 Å². The van der Waals surface area contributed by atoms with Gasteiger partial charge in [-0.15, -0.1) is 0 Å². The third kappa shape index (κ3) is 2.79. The maximum Gasteiger partial charge on any atom is 0.150 e. The number of nitrogens with zero attached hydrogens (tertiary/aromatic N) is 1. The van der Waals surface area contributed by atoms with Crippen LogP contribution in [0.25, 0.3) is 11.3 Å². The number of aromatic nitrogens is 1. The molecule has 0 fully saturated rings. The number of aldehydes is 1. The van der Waals surface area contributed by atoms with Crippen molar-refractivity contribution in [3.63, 3.8) is 0 Å². The van der Waals surface area contributed by atoms with Gasteiger partial charge in [0.05, 0.1) is 0 Å². The van der Waals surface area contributed by atoms with Crippen LogP contribution in [0.5, 0.6) is 0 Å². The highest BCUT2D eigenvalue weighted by atomic mass is 16.5. The first-order valence-corrected chi connectivity index (χ1v) is 5.28. The van der Waals surface area contributed by atoms with E-state index in [-0.39, 0.29) is 0 Å². The van der Waals surface area contributed by atoms with Gasteiger partial charge in [-0.2, -0.15) is 0 Å². The molecule has 0 radical (unpaired) electrons. The SMILES string of the molecule is CC.Cc1cc(-c2ccc(C=O)cc2)no1. The molecule has 0 aliphatic carbocycles. The Balaban J connectivity index is 0.000000606. The maximum atomic E-state index is 10.4. The normalized spacial score (nSPS) is 9.19. The van der Waals surface area contributed by atoms with Crippen LogP contribution in [-0.2, 0) is 0 Å². The molecule has 0 atom stereocenters. The Morgan fingerprint density at radius 3 is 2.25 bits per heavy atom. The number of hydrogen-bond acceptors (Lipinski definition) is 3. The second-order valence-electron chi connectivity index (χ2n) is 3.06. The van der Waals surface area contributed by atoms with Gasteiger partial charge < -0.3 is 4.52 Å². The Kier molecular flexibility index (Phi) is 4.45. The number of rotatable bonds is 2. The van der Waals surface area contributed by atoms with Crippen LogP contribution in [0.1, 0.15) is 30.0 Å². The Morgan fingerprint density at radius 1 is 1.19 bits per heavy atom. The van der Waals surface area contributed by atoms with Crippen LogP contribution in [0.4, 0.5) is 0 Å². The third-order valence-corrected chi connectivity index (χ3v) is 1.97. The number of carbonyl (C=O) groups excluding carboxylic acids is 1. The van der Waals surface area contributed by atoms with Gasteiger partial charge in [-0.25, -0.2) is 0 Å². The molecule has 0 amide bonds. The molecule has 2 aromatic rings. The fourth-order valence-electron chi connectivity index (χ4n) is 1.23. The minimum Gasteiger partial charge on any atom is -0.361 e. The van der Waals surface area contributed by atoms with Crippen LogP contribution < -0.4 is 0 Å². The smallest absolute Gasteiger partial charge is 0.150 e. The molecule has 0 saturated carbocycles. The van der Waals surface area contributed by atoms with E-state index in [1.165, 1.54) is 0 Å². The summed E-state index contributed by atoms with van der Waals surface area (Å²) >= 11 is 0. The predicted octanol–water partition coefficient (Wildman–Crippen LogP) is 3.49. The molecule has 16 heavy (non-hydrogen) atoms. The summed E-state index contributed by atoms with van der Waals surface area (Å²) < 4.78 is 4.96. The number of benzene rings is 1. The summed E-state index contributed by atoms with van der Waals surface area (Å²) in [6, 6.07) is 9.07. The van der Waals surface area contributed by atoms with Gasteiger partial charge in [0.1, 0.15) is 17.7 Å². The first-order chi connectivity index (χ1) is 7.79. The van der Waals surface area contributed by atoms with Crippen molar-refractivity contribution in [3.05, 3.63) is 41.7 Å². The molecule has 3 nitrogen and oxygen atoms in total. The molecular weight excluding hydrogens is 202 g/mol. The molecule has 1 aromatic heterocycles. The summed E-state index contributed by atoms with van der Waals surface area (Å²) in [5.41, 5.74) is 2.40. The maximum absolute atomic E-state index is 10.4. The van der Waals surface area contributed by atoms with Gasteiger partial charge in [0.15, 0.2) is 0 Å². The van der Waals surface area contributed by atoms with Gasteiger partial charge in [0.2, 0.25) is 0 Å². The van der Waals surface area contributed by atoms with Gasteiger partial charge in [-0.1, -0.05) is 43.3 Å². The Labute approximate surface area is 95.1 Å². The molecule has 0 bridgehead atoms. The molecule has 1 aromatic carbocycles. The van der Waals surface area contributed by atoms with Gasteiger partial charge in [-0.3, -0.25) is 4.79 Å². The molecule has 2 rings (SSSR count). The lowest BCUT2D eigenvalue weighted by atomic mass is 10.1. The van der Waals surface area contributed by atoms with Crippen LogP contribution in [0.3, 0.4) is 0 Å². The zero-order valence-electron chi connectivity index (χ0n) is 9.73. The van der Waals surface area contributed by atoms with Crippen LogP contribution in [0, 0.1) is 6.92 Å². The highest BCUT2D eigenvalue weighted by Gasteiger charge is 2.02. The van der Waals surface area contributed by atoms with Crippen molar-refractivity contribution in [2.24, 2.45) is 0 Å². The second-order valence-corrected chi connectivity index (χ2v) is 3.06. The van der Waals surface area contributed by atoms with Crippen LogP contribution in [0.2, 0.25) is 0 Å². The summed E-state index contributed by atoms with van der Waals surface area (Å²) in [6.45, 7) is 5.84. The highest BCUT2D eigenvalue weighted by molar-refractivity contribution is 5.76. The summed E-state index contributed by atoms with van der Waals surface area (Å²) in [4.78, 5) is 10.4. The molecular formula is C13H15NO2. The van der Waals surface area contributed by atoms with Crippen molar-refractivity contribution in [2.75, 3.05) is 0 Å². The van der Waals surface area contributed by atoms with Crippen LogP contribution >= 0.6 is 0 Å².